The Morgan fingerprint density at radius 2 is 2.50 bits per heavy atom. The highest BCUT2D eigenvalue weighted by Gasteiger charge is 2.00. The molecule has 0 saturated carbocycles. The maximum atomic E-state index is 3.73. The van der Waals surface area contributed by atoms with E-state index in [0.717, 1.165) is 13.0 Å². The van der Waals surface area contributed by atoms with E-state index in [0.29, 0.717) is 6.04 Å². The van der Waals surface area contributed by atoms with Crippen molar-refractivity contribution in [1.29, 1.82) is 0 Å². The number of hydrogen-bond donors (Lipinski definition) is 1. The molecule has 0 bridgehead atoms. The molecule has 0 aliphatic carbocycles. The van der Waals surface area contributed by atoms with Crippen molar-refractivity contribution in [2.45, 2.75) is 38.8 Å². The minimum Gasteiger partial charge on any atom is -0.309 e. The van der Waals surface area contributed by atoms with Crippen LogP contribution in [0.4, 0.5) is 0 Å². The summed E-state index contributed by atoms with van der Waals surface area (Å²) in [6.07, 6.45) is 5.59. The normalized spacial score (nSPS) is 12.6. The van der Waals surface area contributed by atoms with Gasteiger partial charge in [0, 0.05) is 17.5 Å². The first-order valence-electron chi connectivity index (χ1n) is 5.19. The summed E-state index contributed by atoms with van der Waals surface area (Å²) in [5, 5.41) is 5.64. The Balaban J connectivity index is 2.08. The number of hydrogen-bond acceptors (Lipinski definition) is 2. The van der Waals surface area contributed by atoms with Crippen molar-refractivity contribution < 1.29 is 0 Å². The fraction of sp³-hybridized carbons (Fsp3) is 0.500. The van der Waals surface area contributed by atoms with Gasteiger partial charge in [0.05, 0.1) is 0 Å². The van der Waals surface area contributed by atoms with Gasteiger partial charge in [-0.2, -0.15) is 0 Å². The van der Waals surface area contributed by atoms with Crippen LogP contribution in [0.2, 0.25) is 0 Å². The van der Waals surface area contributed by atoms with Crippen LogP contribution in [-0.2, 0) is 6.54 Å². The molecule has 1 unspecified atom stereocenters. The van der Waals surface area contributed by atoms with Gasteiger partial charge in [0.2, 0.25) is 0 Å². The van der Waals surface area contributed by atoms with Crippen molar-refractivity contribution in [3.05, 3.63) is 35.0 Å². The molecular formula is C12H19NS. The van der Waals surface area contributed by atoms with Crippen LogP contribution in [0.3, 0.4) is 0 Å². The standard InChI is InChI=1S/C12H19NS/c1-3-4-5-7-11(2)13-10-12-8-6-9-14-12/h3,6,8-9,11,13H,1,4-5,7,10H2,2H3. The van der Waals surface area contributed by atoms with Gasteiger partial charge in [-0.05, 0) is 37.6 Å². The molecule has 2 heteroatoms. The first-order chi connectivity index (χ1) is 6.83. The molecule has 1 heterocycles. The summed E-state index contributed by atoms with van der Waals surface area (Å²) < 4.78 is 0. The van der Waals surface area contributed by atoms with Crippen molar-refractivity contribution in [1.82, 2.24) is 5.32 Å². The van der Waals surface area contributed by atoms with E-state index in [1.54, 1.807) is 0 Å². The Morgan fingerprint density at radius 3 is 3.14 bits per heavy atom. The average molecular weight is 209 g/mol. The molecule has 1 rings (SSSR count). The third-order valence-electron chi connectivity index (χ3n) is 2.25. The maximum absolute atomic E-state index is 3.73. The van der Waals surface area contributed by atoms with E-state index in [-0.39, 0.29) is 0 Å². The molecule has 1 aromatic rings. The summed E-state index contributed by atoms with van der Waals surface area (Å²) in [6.45, 7) is 6.98. The lowest BCUT2D eigenvalue weighted by Gasteiger charge is -2.11. The van der Waals surface area contributed by atoms with Gasteiger partial charge in [-0.15, -0.1) is 17.9 Å². The molecule has 0 aliphatic heterocycles. The fourth-order valence-corrected chi connectivity index (χ4v) is 2.01. The topological polar surface area (TPSA) is 12.0 Å². The van der Waals surface area contributed by atoms with E-state index in [9.17, 15) is 0 Å². The van der Waals surface area contributed by atoms with Crippen molar-refractivity contribution in [3.8, 4) is 0 Å². The highest BCUT2D eigenvalue weighted by Crippen LogP contribution is 2.09. The van der Waals surface area contributed by atoms with Crippen LogP contribution in [0, 0.1) is 0 Å². The average Bonchev–Trinajstić information content (AvgIpc) is 2.68. The number of allylic oxidation sites excluding steroid dienone is 1. The van der Waals surface area contributed by atoms with Gasteiger partial charge < -0.3 is 5.32 Å². The number of thiophene rings is 1. The van der Waals surface area contributed by atoms with Crippen LogP contribution in [0.1, 0.15) is 31.1 Å². The zero-order chi connectivity index (χ0) is 10.2. The summed E-state index contributed by atoms with van der Waals surface area (Å²) in [5.74, 6) is 0. The summed E-state index contributed by atoms with van der Waals surface area (Å²) in [6, 6.07) is 4.88. The second kappa shape index (κ2) is 6.80. The Labute approximate surface area is 90.9 Å². The van der Waals surface area contributed by atoms with Crippen LogP contribution in [-0.4, -0.2) is 6.04 Å². The van der Waals surface area contributed by atoms with Crippen molar-refractivity contribution in [2.75, 3.05) is 0 Å². The minimum absolute atomic E-state index is 0.608. The molecule has 0 amide bonds. The molecule has 0 fully saturated rings. The minimum atomic E-state index is 0.608. The molecule has 1 atom stereocenters. The molecule has 0 spiro atoms. The molecule has 78 valence electrons. The van der Waals surface area contributed by atoms with E-state index in [1.807, 2.05) is 17.4 Å². The fourth-order valence-electron chi connectivity index (χ4n) is 1.36. The highest BCUT2D eigenvalue weighted by molar-refractivity contribution is 7.09. The monoisotopic (exact) mass is 209 g/mol. The first-order valence-corrected chi connectivity index (χ1v) is 6.07. The molecule has 1 N–H and O–H groups in total. The molecular weight excluding hydrogens is 190 g/mol. The third kappa shape index (κ3) is 4.58. The molecule has 14 heavy (non-hydrogen) atoms. The summed E-state index contributed by atoms with van der Waals surface area (Å²) >= 11 is 1.81. The van der Waals surface area contributed by atoms with Gasteiger partial charge in [0.1, 0.15) is 0 Å². The van der Waals surface area contributed by atoms with E-state index in [1.165, 1.54) is 17.7 Å². The Hall–Kier alpha value is -0.600. The summed E-state index contributed by atoms with van der Waals surface area (Å²) in [5.41, 5.74) is 0. The van der Waals surface area contributed by atoms with Crippen molar-refractivity contribution in [3.63, 3.8) is 0 Å². The van der Waals surface area contributed by atoms with E-state index in [4.69, 9.17) is 0 Å². The predicted molar refractivity (Wildman–Crippen MR) is 64.7 cm³/mol. The van der Waals surface area contributed by atoms with Crippen LogP contribution >= 0.6 is 11.3 Å². The van der Waals surface area contributed by atoms with Gasteiger partial charge in [-0.25, -0.2) is 0 Å². The smallest absolute Gasteiger partial charge is 0.0302 e. The molecule has 0 radical (unpaired) electrons. The largest absolute Gasteiger partial charge is 0.309 e. The number of unbranched alkanes of at least 4 members (excludes halogenated alkanes) is 1. The summed E-state index contributed by atoms with van der Waals surface area (Å²) in [7, 11) is 0. The van der Waals surface area contributed by atoms with Crippen LogP contribution in [0.25, 0.3) is 0 Å². The zero-order valence-corrected chi connectivity index (χ0v) is 9.65. The van der Waals surface area contributed by atoms with Gasteiger partial charge >= 0.3 is 0 Å². The van der Waals surface area contributed by atoms with Crippen molar-refractivity contribution in [2.24, 2.45) is 0 Å². The number of rotatable bonds is 7. The lowest BCUT2D eigenvalue weighted by molar-refractivity contribution is 0.502. The third-order valence-corrected chi connectivity index (χ3v) is 3.13. The lowest BCUT2D eigenvalue weighted by Crippen LogP contribution is -2.24. The van der Waals surface area contributed by atoms with Crippen LogP contribution < -0.4 is 5.32 Å². The molecule has 1 aromatic heterocycles. The van der Waals surface area contributed by atoms with Crippen LogP contribution in [0.5, 0.6) is 0 Å². The van der Waals surface area contributed by atoms with Gasteiger partial charge in [-0.3, -0.25) is 0 Å². The molecule has 0 saturated heterocycles. The Morgan fingerprint density at radius 1 is 1.64 bits per heavy atom. The number of nitrogens with one attached hydrogen (secondary N) is 1. The van der Waals surface area contributed by atoms with E-state index in [2.05, 4.69) is 36.3 Å². The molecule has 1 nitrogen and oxygen atoms in total. The van der Waals surface area contributed by atoms with Crippen LogP contribution in [0.15, 0.2) is 30.2 Å². The second-order valence-corrected chi connectivity index (χ2v) is 4.61. The lowest BCUT2D eigenvalue weighted by atomic mass is 10.1. The van der Waals surface area contributed by atoms with Gasteiger partial charge in [0.25, 0.3) is 0 Å². The second-order valence-electron chi connectivity index (χ2n) is 3.58. The quantitative estimate of drug-likeness (QED) is 0.534. The molecule has 0 aliphatic rings. The SMILES string of the molecule is C=CCCCC(C)NCc1cccs1. The Bertz CT molecular complexity index is 241. The highest BCUT2D eigenvalue weighted by atomic mass is 32.1. The van der Waals surface area contributed by atoms with Gasteiger partial charge in [-0.1, -0.05) is 12.1 Å². The van der Waals surface area contributed by atoms with E-state index < -0.39 is 0 Å². The van der Waals surface area contributed by atoms with Crippen molar-refractivity contribution >= 4 is 11.3 Å². The zero-order valence-electron chi connectivity index (χ0n) is 8.83. The maximum Gasteiger partial charge on any atom is 0.0302 e. The van der Waals surface area contributed by atoms with E-state index >= 15 is 0 Å². The van der Waals surface area contributed by atoms with Gasteiger partial charge in [0.15, 0.2) is 0 Å². The Kier molecular flexibility index (Phi) is 5.57. The molecule has 0 aromatic carbocycles. The first kappa shape index (κ1) is 11.5. The summed E-state index contributed by atoms with van der Waals surface area (Å²) in [4.78, 5) is 1.42. The predicted octanol–water partition coefficient (Wildman–Crippen LogP) is 3.58.